The third kappa shape index (κ3) is 2.75. The molecule has 92 valence electrons. The Hall–Kier alpha value is -2.15. The first-order valence-corrected chi connectivity index (χ1v) is 5.97. The van der Waals surface area contributed by atoms with Crippen LogP contribution in [0.5, 0.6) is 0 Å². The van der Waals surface area contributed by atoms with Gasteiger partial charge in [-0.15, -0.1) is 10.2 Å². The van der Waals surface area contributed by atoms with Crippen molar-refractivity contribution in [3.63, 3.8) is 0 Å². The van der Waals surface area contributed by atoms with Gasteiger partial charge in [0.1, 0.15) is 6.20 Å². The monoisotopic (exact) mass is 262 g/mol. The summed E-state index contributed by atoms with van der Waals surface area (Å²) >= 11 is 0.899. The zero-order valence-electron chi connectivity index (χ0n) is 9.82. The van der Waals surface area contributed by atoms with Crippen LogP contribution in [0, 0.1) is 24.0 Å². The molecule has 1 aromatic carbocycles. The highest BCUT2D eigenvalue weighted by Crippen LogP contribution is 2.29. The number of rotatable bonds is 3. The van der Waals surface area contributed by atoms with Gasteiger partial charge in [0.05, 0.1) is 10.6 Å². The number of aromatic nitrogens is 1. The summed E-state index contributed by atoms with van der Waals surface area (Å²) < 4.78 is 0. The molecule has 0 aliphatic heterocycles. The zero-order valence-corrected chi connectivity index (χ0v) is 10.6. The van der Waals surface area contributed by atoms with Gasteiger partial charge in [-0.1, -0.05) is 17.7 Å². The van der Waals surface area contributed by atoms with Gasteiger partial charge >= 0.3 is 5.00 Å². The average Bonchev–Trinajstić information content (AvgIpc) is 2.76. The summed E-state index contributed by atoms with van der Waals surface area (Å²) in [5, 5.41) is 18.7. The Morgan fingerprint density at radius 1 is 1.33 bits per heavy atom. The Bertz CT molecular complexity index is 621. The van der Waals surface area contributed by atoms with Crippen LogP contribution in [0.15, 0.2) is 34.6 Å². The van der Waals surface area contributed by atoms with Crippen molar-refractivity contribution < 1.29 is 4.92 Å². The zero-order chi connectivity index (χ0) is 13.1. The van der Waals surface area contributed by atoms with Crippen molar-refractivity contribution in [2.24, 2.45) is 10.2 Å². The second-order valence-corrected chi connectivity index (χ2v) is 4.72. The van der Waals surface area contributed by atoms with Crippen molar-refractivity contribution in [3.8, 4) is 0 Å². The van der Waals surface area contributed by atoms with Gasteiger partial charge in [-0.3, -0.25) is 10.1 Å². The predicted molar refractivity (Wildman–Crippen MR) is 68.9 cm³/mol. The molecular formula is C11H10N4O2S. The summed E-state index contributed by atoms with van der Waals surface area (Å²) in [4.78, 5) is 13.8. The molecule has 0 fully saturated rings. The van der Waals surface area contributed by atoms with E-state index >= 15 is 0 Å². The number of azo groups is 1. The summed E-state index contributed by atoms with van der Waals surface area (Å²) in [5.74, 6) is 0. The Labute approximate surface area is 107 Å². The van der Waals surface area contributed by atoms with Crippen LogP contribution in [0.3, 0.4) is 0 Å². The van der Waals surface area contributed by atoms with E-state index in [1.54, 1.807) is 0 Å². The van der Waals surface area contributed by atoms with Crippen molar-refractivity contribution in [3.05, 3.63) is 45.6 Å². The summed E-state index contributed by atoms with van der Waals surface area (Å²) in [7, 11) is 0. The van der Waals surface area contributed by atoms with Crippen LogP contribution < -0.4 is 0 Å². The van der Waals surface area contributed by atoms with Gasteiger partial charge in [-0.25, -0.2) is 4.98 Å². The molecule has 0 saturated heterocycles. The molecule has 1 aromatic heterocycles. The van der Waals surface area contributed by atoms with Crippen molar-refractivity contribution in [2.75, 3.05) is 0 Å². The van der Waals surface area contributed by atoms with Gasteiger partial charge < -0.3 is 0 Å². The van der Waals surface area contributed by atoms with E-state index in [-0.39, 0.29) is 10.1 Å². The fourth-order valence-electron chi connectivity index (χ4n) is 1.40. The van der Waals surface area contributed by atoms with Gasteiger partial charge in [-0.05, 0) is 36.8 Å². The summed E-state index contributed by atoms with van der Waals surface area (Å²) in [6.45, 7) is 3.93. The van der Waals surface area contributed by atoms with Crippen LogP contribution in [0.2, 0.25) is 0 Å². The molecule has 2 aromatic rings. The minimum absolute atomic E-state index is 0.0374. The average molecular weight is 262 g/mol. The molecule has 0 radical (unpaired) electrons. The lowest BCUT2D eigenvalue weighted by Crippen LogP contribution is -1.80. The maximum Gasteiger partial charge on any atom is 0.345 e. The number of hydrogen-bond donors (Lipinski definition) is 0. The molecule has 0 spiro atoms. The molecular weight excluding hydrogens is 252 g/mol. The van der Waals surface area contributed by atoms with Crippen molar-refractivity contribution >= 4 is 27.2 Å². The number of hydrogen-bond acceptors (Lipinski definition) is 6. The molecule has 0 unspecified atom stereocenters. The lowest BCUT2D eigenvalue weighted by molar-refractivity contribution is -0.380. The van der Waals surface area contributed by atoms with Gasteiger partial charge in [0.15, 0.2) is 0 Å². The second kappa shape index (κ2) is 5.01. The highest BCUT2D eigenvalue weighted by atomic mass is 32.1. The third-order valence-corrected chi connectivity index (χ3v) is 3.09. The van der Waals surface area contributed by atoms with E-state index in [4.69, 9.17) is 0 Å². The number of nitro groups is 1. The molecule has 0 bridgehead atoms. The fourth-order valence-corrected chi connectivity index (χ4v) is 1.96. The molecule has 0 aliphatic carbocycles. The normalized spacial score (nSPS) is 11.0. The Morgan fingerprint density at radius 2 is 2.11 bits per heavy atom. The highest BCUT2D eigenvalue weighted by molar-refractivity contribution is 7.18. The van der Waals surface area contributed by atoms with E-state index in [1.807, 2.05) is 32.0 Å². The molecule has 6 nitrogen and oxygen atoms in total. The lowest BCUT2D eigenvalue weighted by atomic mass is 10.1. The van der Waals surface area contributed by atoms with Crippen molar-refractivity contribution in [1.29, 1.82) is 0 Å². The molecule has 2 rings (SSSR count). The SMILES string of the molecule is Cc1ccc(N=Nc2ncc([N+](=O)[O-])s2)c(C)c1. The fraction of sp³-hybridized carbons (Fsp3) is 0.182. The molecule has 0 amide bonds. The maximum absolute atomic E-state index is 10.5. The molecule has 1 heterocycles. The maximum atomic E-state index is 10.5. The highest BCUT2D eigenvalue weighted by Gasteiger charge is 2.10. The number of thiazole rings is 1. The molecule has 0 N–H and O–H groups in total. The van der Waals surface area contributed by atoms with E-state index in [0.717, 1.165) is 28.2 Å². The van der Waals surface area contributed by atoms with E-state index in [2.05, 4.69) is 15.2 Å². The van der Waals surface area contributed by atoms with E-state index in [1.165, 1.54) is 6.20 Å². The van der Waals surface area contributed by atoms with Crippen LogP contribution in [0.25, 0.3) is 0 Å². The van der Waals surface area contributed by atoms with Gasteiger partial charge in [0.2, 0.25) is 5.13 Å². The largest absolute Gasteiger partial charge is 0.345 e. The number of nitrogens with zero attached hydrogens (tertiary/aromatic N) is 4. The Kier molecular flexibility index (Phi) is 3.42. The summed E-state index contributed by atoms with van der Waals surface area (Å²) in [6, 6.07) is 5.79. The van der Waals surface area contributed by atoms with Gasteiger partial charge in [-0.2, -0.15) is 0 Å². The van der Waals surface area contributed by atoms with E-state index < -0.39 is 4.92 Å². The molecule has 18 heavy (non-hydrogen) atoms. The first kappa shape index (κ1) is 12.3. The van der Waals surface area contributed by atoms with Crippen LogP contribution >= 0.6 is 11.3 Å². The number of benzene rings is 1. The summed E-state index contributed by atoms with van der Waals surface area (Å²) in [6.07, 6.45) is 1.18. The molecule has 0 saturated carbocycles. The van der Waals surface area contributed by atoms with Crippen molar-refractivity contribution in [1.82, 2.24) is 4.98 Å². The Balaban J connectivity index is 2.21. The minimum Gasteiger partial charge on any atom is -0.257 e. The van der Waals surface area contributed by atoms with Gasteiger partial charge in [0, 0.05) is 0 Å². The predicted octanol–water partition coefficient (Wildman–Crippen LogP) is 4.08. The second-order valence-electron chi connectivity index (χ2n) is 3.73. The quantitative estimate of drug-likeness (QED) is 0.474. The number of aryl methyl sites for hydroxylation is 2. The molecule has 0 aliphatic rings. The third-order valence-electron chi connectivity index (χ3n) is 2.26. The lowest BCUT2D eigenvalue weighted by Gasteiger charge is -1.98. The van der Waals surface area contributed by atoms with Crippen LogP contribution in [0.1, 0.15) is 11.1 Å². The van der Waals surface area contributed by atoms with E-state index in [9.17, 15) is 10.1 Å². The molecule has 0 atom stereocenters. The van der Waals surface area contributed by atoms with Gasteiger partial charge in [0.25, 0.3) is 0 Å². The Morgan fingerprint density at radius 3 is 2.72 bits per heavy atom. The first-order chi connectivity index (χ1) is 8.56. The van der Waals surface area contributed by atoms with Crippen LogP contribution in [-0.4, -0.2) is 9.91 Å². The standard InChI is InChI=1S/C11H10N4O2S/c1-7-3-4-9(8(2)5-7)13-14-11-12-6-10(18-11)15(16)17/h3-6H,1-2H3. The smallest absolute Gasteiger partial charge is 0.257 e. The van der Waals surface area contributed by atoms with E-state index in [0.29, 0.717) is 0 Å². The van der Waals surface area contributed by atoms with Crippen molar-refractivity contribution in [2.45, 2.75) is 13.8 Å². The first-order valence-electron chi connectivity index (χ1n) is 5.15. The van der Waals surface area contributed by atoms with Crippen LogP contribution in [-0.2, 0) is 0 Å². The topological polar surface area (TPSA) is 80.8 Å². The van der Waals surface area contributed by atoms with Crippen LogP contribution in [0.4, 0.5) is 15.8 Å². The minimum atomic E-state index is -0.492. The summed E-state index contributed by atoms with van der Waals surface area (Å²) in [5.41, 5.74) is 2.89. The molecule has 7 heteroatoms.